The number of alkyl halides is 6. The van der Waals surface area contributed by atoms with Crippen LogP contribution in [0, 0.1) is 12.7 Å². The Morgan fingerprint density at radius 2 is 1.34 bits per heavy atom. The number of rotatable bonds is 2. The summed E-state index contributed by atoms with van der Waals surface area (Å²) in [4.78, 5) is 8.79. The van der Waals surface area contributed by atoms with E-state index in [9.17, 15) is 30.7 Å². The summed E-state index contributed by atoms with van der Waals surface area (Å²) in [7, 11) is 0. The molecule has 178 valence electrons. The second-order valence-electron chi connectivity index (χ2n) is 7.99. The molecule has 0 aliphatic carbocycles. The summed E-state index contributed by atoms with van der Waals surface area (Å²) in [5.41, 5.74) is -0.823. The van der Waals surface area contributed by atoms with Gasteiger partial charge in [0.25, 0.3) is 0 Å². The fourth-order valence-corrected chi connectivity index (χ4v) is 4.08. The van der Waals surface area contributed by atoms with E-state index in [1.165, 1.54) is 36.5 Å². The summed E-state index contributed by atoms with van der Waals surface area (Å²) in [6.45, 7) is 1.72. The van der Waals surface area contributed by atoms with Gasteiger partial charge < -0.3 is 0 Å². The van der Waals surface area contributed by atoms with E-state index in [1.54, 1.807) is 23.6 Å². The van der Waals surface area contributed by atoms with E-state index in [0.29, 0.717) is 45.6 Å². The predicted octanol–water partition coefficient (Wildman–Crippen LogP) is 7.73. The zero-order valence-electron chi connectivity index (χ0n) is 17.8. The van der Waals surface area contributed by atoms with Gasteiger partial charge in [0, 0.05) is 11.1 Å². The minimum Gasteiger partial charge on any atom is -0.296 e. The molecule has 0 bridgehead atoms. The van der Waals surface area contributed by atoms with Crippen LogP contribution in [0.2, 0.25) is 0 Å². The van der Waals surface area contributed by atoms with Gasteiger partial charge >= 0.3 is 12.4 Å². The number of benzene rings is 3. The van der Waals surface area contributed by atoms with Crippen molar-refractivity contribution in [3.05, 3.63) is 89.6 Å². The Hall–Kier alpha value is -3.95. The molecule has 5 aromatic rings. The molecule has 0 saturated carbocycles. The second-order valence-corrected chi connectivity index (χ2v) is 7.99. The van der Waals surface area contributed by atoms with Crippen LogP contribution in [0.25, 0.3) is 38.8 Å². The summed E-state index contributed by atoms with van der Waals surface area (Å²) >= 11 is 0. The average molecular weight is 489 g/mol. The molecule has 0 atom stereocenters. The lowest BCUT2D eigenvalue weighted by Gasteiger charge is -2.15. The lowest BCUT2D eigenvalue weighted by molar-refractivity contribution is -0.143. The van der Waals surface area contributed by atoms with E-state index >= 15 is 0 Å². The largest absolute Gasteiger partial charge is 0.416 e. The minimum atomic E-state index is -4.96. The third-order valence-electron chi connectivity index (χ3n) is 5.66. The van der Waals surface area contributed by atoms with Crippen LogP contribution in [0.1, 0.15) is 17.0 Å². The third kappa shape index (κ3) is 4.09. The molecular formula is C25H14F7N3. The van der Waals surface area contributed by atoms with E-state index in [1.807, 2.05) is 0 Å². The van der Waals surface area contributed by atoms with Crippen LogP contribution >= 0.6 is 0 Å². The molecule has 2 heterocycles. The van der Waals surface area contributed by atoms with Gasteiger partial charge in [-0.05, 0) is 72.6 Å². The van der Waals surface area contributed by atoms with Crippen molar-refractivity contribution in [2.45, 2.75) is 19.3 Å². The first-order valence-corrected chi connectivity index (χ1v) is 10.3. The van der Waals surface area contributed by atoms with E-state index in [-0.39, 0.29) is 17.2 Å². The van der Waals surface area contributed by atoms with Crippen molar-refractivity contribution in [1.29, 1.82) is 0 Å². The maximum absolute atomic E-state index is 13.5. The maximum atomic E-state index is 13.5. The second kappa shape index (κ2) is 7.79. The molecular weight excluding hydrogens is 475 g/mol. The smallest absolute Gasteiger partial charge is 0.296 e. The van der Waals surface area contributed by atoms with E-state index in [2.05, 4.69) is 9.97 Å². The highest BCUT2D eigenvalue weighted by Crippen LogP contribution is 2.39. The van der Waals surface area contributed by atoms with Gasteiger partial charge in [0.15, 0.2) is 0 Å². The zero-order valence-corrected chi connectivity index (χ0v) is 17.8. The molecule has 0 radical (unpaired) electrons. The molecule has 0 saturated heterocycles. The summed E-state index contributed by atoms with van der Waals surface area (Å²) in [6, 6.07) is 11.5. The van der Waals surface area contributed by atoms with Crippen molar-refractivity contribution in [3.8, 4) is 16.8 Å². The topological polar surface area (TPSA) is 30.7 Å². The van der Waals surface area contributed by atoms with E-state index in [0.717, 1.165) is 0 Å². The number of aromatic nitrogens is 3. The molecule has 2 aromatic heterocycles. The minimum absolute atomic E-state index is 0.0945. The Morgan fingerprint density at radius 1 is 0.714 bits per heavy atom. The van der Waals surface area contributed by atoms with Gasteiger partial charge in [-0.1, -0.05) is 6.07 Å². The number of halogens is 7. The Bertz CT molecular complexity index is 1550. The van der Waals surface area contributed by atoms with Gasteiger partial charge in [-0.3, -0.25) is 9.55 Å². The van der Waals surface area contributed by atoms with Gasteiger partial charge in [-0.25, -0.2) is 9.37 Å². The average Bonchev–Trinajstić information content (AvgIpc) is 3.14. The fourth-order valence-electron chi connectivity index (χ4n) is 4.08. The molecule has 0 amide bonds. The van der Waals surface area contributed by atoms with Crippen molar-refractivity contribution in [1.82, 2.24) is 14.5 Å². The Kier molecular flexibility index (Phi) is 5.08. The highest BCUT2D eigenvalue weighted by molar-refractivity contribution is 6.04. The van der Waals surface area contributed by atoms with Gasteiger partial charge in [0.1, 0.15) is 17.2 Å². The normalized spacial score (nSPS) is 12.6. The molecule has 35 heavy (non-hydrogen) atoms. The monoisotopic (exact) mass is 489 g/mol. The van der Waals surface area contributed by atoms with Gasteiger partial charge in [-0.2, -0.15) is 26.3 Å². The fraction of sp³-hybridized carbons (Fsp3) is 0.120. The standard InChI is InChI=1S/C25H14F7N3/c1-13-34-22-12-33-21-7-2-14(10-20(21)23(22)35(13)19-5-3-18(26)4-6-19)15-8-16(24(27,28)29)11-17(9-15)25(30,31)32/h2-12H,1H3. The van der Waals surface area contributed by atoms with Crippen LogP contribution in [0.4, 0.5) is 30.7 Å². The first kappa shape index (κ1) is 22.8. The zero-order chi connectivity index (χ0) is 25.1. The molecule has 0 fully saturated rings. The Labute approximate surface area is 193 Å². The Balaban J connectivity index is 1.79. The van der Waals surface area contributed by atoms with Crippen molar-refractivity contribution < 1.29 is 30.7 Å². The van der Waals surface area contributed by atoms with Crippen LogP contribution in [0.5, 0.6) is 0 Å². The lowest BCUT2D eigenvalue weighted by Crippen LogP contribution is -2.11. The molecule has 0 aliphatic rings. The lowest BCUT2D eigenvalue weighted by atomic mass is 9.97. The van der Waals surface area contributed by atoms with Crippen LogP contribution in [-0.2, 0) is 12.4 Å². The van der Waals surface area contributed by atoms with Crippen LogP contribution < -0.4 is 0 Å². The number of fused-ring (bicyclic) bond motifs is 3. The van der Waals surface area contributed by atoms with Gasteiger partial charge in [0.2, 0.25) is 0 Å². The van der Waals surface area contributed by atoms with Gasteiger partial charge in [-0.15, -0.1) is 0 Å². The molecule has 5 rings (SSSR count). The summed E-state index contributed by atoms with van der Waals surface area (Å²) < 4.78 is 95.4. The molecule has 0 spiro atoms. The Morgan fingerprint density at radius 3 is 1.94 bits per heavy atom. The van der Waals surface area contributed by atoms with Crippen LogP contribution in [0.3, 0.4) is 0 Å². The SMILES string of the molecule is Cc1nc2cnc3ccc(-c4cc(C(F)(F)F)cc(C(F)(F)F)c4)cc3c2n1-c1ccc(F)cc1. The number of nitrogens with zero attached hydrogens (tertiary/aromatic N) is 3. The summed E-state index contributed by atoms with van der Waals surface area (Å²) in [5, 5.41) is 0.468. The van der Waals surface area contributed by atoms with Crippen LogP contribution in [-0.4, -0.2) is 14.5 Å². The van der Waals surface area contributed by atoms with Crippen molar-refractivity contribution >= 4 is 21.9 Å². The molecule has 0 N–H and O–H groups in total. The third-order valence-corrected chi connectivity index (χ3v) is 5.66. The molecule has 3 aromatic carbocycles. The van der Waals surface area contributed by atoms with Gasteiger partial charge in [0.05, 0.1) is 28.4 Å². The quantitative estimate of drug-likeness (QED) is 0.238. The van der Waals surface area contributed by atoms with Crippen molar-refractivity contribution in [2.24, 2.45) is 0 Å². The summed E-state index contributed by atoms with van der Waals surface area (Å²) in [5.74, 6) is 0.111. The molecule has 0 unspecified atom stereocenters. The number of hydrogen-bond donors (Lipinski definition) is 0. The first-order valence-electron chi connectivity index (χ1n) is 10.3. The van der Waals surface area contributed by atoms with E-state index < -0.39 is 29.3 Å². The van der Waals surface area contributed by atoms with Crippen LogP contribution in [0.15, 0.2) is 66.9 Å². The first-order chi connectivity index (χ1) is 16.4. The molecule has 3 nitrogen and oxygen atoms in total. The number of imidazole rings is 1. The van der Waals surface area contributed by atoms with Crippen molar-refractivity contribution in [2.75, 3.05) is 0 Å². The predicted molar refractivity (Wildman–Crippen MR) is 117 cm³/mol. The number of pyridine rings is 1. The molecule has 0 aliphatic heterocycles. The maximum Gasteiger partial charge on any atom is 0.416 e. The van der Waals surface area contributed by atoms with Crippen molar-refractivity contribution in [3.63, 3.8) is 0 Å². The van der Waals surface area contributed by atoms with E-state index in [4.69, 9.17) is 0 Å². The highest BCUT2D eigenvalue weighted by atomic mass is 19.4. The highest BCUT2D eigenvalue weighted by Gasteiger charge is 2.37. The number of aryl methyl sites for hydroxylation is 1. The molecule has 10 heteroatoms. The summed E-state index contributed by atoms with van der Waals surface area (Å²) in [6.07, 6.45) is -8.39. The number of hydrogen-bond acceptors (Lipinski definition) is 2.